The van der Waals surface area contributed by atoms with Crippen LogP contribution < -0.4 is 5.32 Å². The molecule has 0 amide bonds. The Bertz CT molecular complexity index is 298. The van der Waals surface area contributed by atoms with Gasteiger partial charge in [-0.15, -0.1) is 23.2 Å². The second kappa shape index (κ2) is 6.70. The molecule has 16 heavy (non-hydrogen) atoms. The largest absolute Gasteiger partial charge is 0.305 e. The summed E-state index contributed by atoms with van der Waals surface area (Å²) in [4.78, 5) is 0. The maximum Gasteiger partial charge on any atom is 0.0453 e. The summed E-state index contributed by atoms with van der Waals surface area (Å²) in [6, 6.07) is 7.76. The van der Waals surface area contributed by atoms with Gasteiger partial charge in [-0.05, 0) is 24.1 Å². The maximum absolute atomic E-state index is 5.95. The van der Waals surface area contributed by atoms with Crippen molar-refractivity contribution < 1.29 is 0 Å². The first-order valence-electron chi connectivity index (χ1n) is 5.27. The molecule has 1 nitrogen and oxygen atoms in total. The molecular weight excluding hydrogens is 264 g/mol. The highest BCUT2D eigenvalue weighted by Crippen LogP contribution is 2.16. The summed E-state index contributed by atoms with van der Waals surface area (Å²) in [5.74, 6) is 1.03. The molecule has 1 N–H and O–H groups in total. The van der Waals surface area contributed by atoms with Crippen molar-refractivity contribution >= 4 is 34.8 Å². The summed E-state index contributed by atoms with van der Waals surface area (Å²) in [6.07, 6.45) is 0.910. The van der Waals surface area contributed by atoms with Crippen LogP contribution in [0.1, 0.15) is 18.9 Å². The van der Waals surface area contributed by atoms with Gasteiger partial charge in [0.05, 0.1) is 0 Å². The van der Waals surface area contributed by atoms with Crippen LogP contribution in [0.15, 0.2) is 24.3 Å². The van der Waals surface area contributed by atoms with Gasteiger partial charge in [0, 0.05) is 28.9 Å². The second-order valence-corrected chi connectivity index (χ2v) is 4.85. The molecule has 0 saturated carbocycles. The van der Waals surface area contributed by atoms with E-state index >= 15 is 0 Å². The molecule has 0 heterocycles. The standard InChI is InChI=1S/C12H16Cl3N/c1-2-12(8-13,9-14)16-7-10-3-5-11(15)6-4-10/h3-6,16H,2,7-9H2,1H3. The van der Waals surface area contributed by atoms with E-state index in [2.05, 4.69) is 12.2 Å². The number of nitrogens with one attached hydrogen (secondary N) is 1. The van der Waals surface area contributed by atoms with Crippen LogP contribution in [0, 0.1) is 0 Å². The van der Waals surface area contributed by atoms with E-state index in [1.54, 1.807) is 0 Å². The van der Waals surface area contributed by atoms with Crippen LogP contribution in [0.3, 0.4) is 0 Å². The van der Waals surface area contributed by atoms with Crippen LogP contribution in [0.4, 0.5) is 0 Å². The molecule has 90 valence electrons. The van der Waals surface area contributed by atoms with Crippen LogP contribution >= 0.6 is 34.8 Å². The van der Waals surface area contributed by atoms with Gasteiger partial charge in [0.2, 0.25) is 0 Å². The van der Waals surface area contributed by atoms with E-state index in [1.165, 1.54) is 5.56 Å². The maximum atomic E-state index is 5.95. The highest BCUT2D eigenvalue weighted by molar-refractivity contribution is 6.30. The molecule has 0 spiro atoms. The average Bonchev–Trinajstić information content (AvgIpc) is 2.34. The van der Waals surface area contributed by atoms with Crippen molar-refractivity contribution in [3.8, 4) is 0 Å². The number of hydrogen-bond donors (Lipinski definition) is 1. The lowest BCUT2D eigenvalue weighted by Crippen LogP contribution is -2.47. The molecule has 4 heteroatoms. The van der Waals surface area contributed by atoms with Gasteiger partial charge in [-0.2, -0.15) is 0 Å². The zero-order valence-corrected chi connectivity index (χ0v) is 11.5. The van der Waals surface area contributed by atoms with E-state index in [4.69, 9.17) is 34.8 Å². The minimum absolute atomic E-state index is 0.178. The van der Waals surface area contributed by atoms with Crippen molar-refractivity contribution in [1.29, 1.82) is 0 Å². The lowest BCUT2D eigenvalue weighted by atomic mass is 10.0. The highest BCUT2D eigenvalue weighted by atomic mass is 35.5. The Balaban J connectivity index is 2.58. The molecule has 1 rings (SSSR count). The Morgan fingerprint density at radius 3 is 2.12 bits per heavy atom. The first-order valence-corrected chi connectivity index (χ1v) is 6.72. The molecule has 0 unspecified atom stereocenters. The summed E-state index contributed by atoms with van der Waals surface area (Å²) in [6.45, 7) is 2.84. The van der Waals surface area contributed by atoms with Crippen molar-refractivity contribution in [2.45, 2.75) is 25.4 Å². The lowest BCUT2D eigenvalue weighted by molar-refractivity contribution is 0.385. The molecule has 0 aliphatic rings. The number of benzene rings is 1. The van der Waals surface area contributed by atoms with Crippen molar-refractivity contribution in [2.75, 3.05) is 11.8 Å². The van der Waals surface area contributed by atoms with E-state index in [9.17, 15) is 0 Å². The third-order valence-electron chi connectivity index (χ3n) is 2.77. The van der Waals surface area contributed by atoms with Gasteiger partial charge in [0.1, 0.15) is 0 Å². The topological polar surface area (TPSA) is 12.0 Å². The number of alkyl halides is 2. The third kappa shape index (κ3) is 3.81. The summed E-state index contributed by atoms with van der Waals surface area (Å²) in [5, 5.41) is 4.16. The Morgan fingerprint density at radius 1 is 1.12 bits per heavy atom. The van der Waals surface area contributed by atoms with Gasteiger partial charge < -0.3 is 5.32 Å². The number of hydrogen-bond acceptors (Lipinski definition) is 1. The van der Waals surface area contributed by atoms with Gasteiger partial charge in [-0.25, -0.2) is 0 Å². The summed E-state index contributed by atoms with van der Waals surface area (Å²) in [7, 11) is 0. The first-order chi connectivity index (χ1) is 7.65. The molecule has 0 aliphatic heterocycles. The van der Waals surface area contributed by atoms with Crippen molar-refractivity contribution in [1.82, 2.24) is 5.32 Å². The van der Waals surface area contributed by atoms with Gasteiger partial charge in [0.25, 0.3) is 0 Å². The summed E-state index contributed by atoms with van der Waals surface area (Å²) >= 11 is 17.7. The smallest absolute Gasteiger partial charge is 0.0453 e. The predicted molar refractivity (Wildman–Crippen MR) is 72.8 cm³/mol. The van der Waals surface area contributed by atoms with E-state index in [1.807, 2.05) is 24.3 Å². The summed E-state index contributed by atoms with van der Waals surface area (Å²) < 4.78 is 0. The molecular formula is C12H16Cl3N. The first kappa shape index (κ1) is 14.1. The van der Waals surface area contributed by atoms with E-state index in [-0.39, 0.29) is 5.54 Å². The lowest BCUT2D eigenvalue weighted by Gasteiger charge is -2.29. The molecule has 1 aromatic rings. The Morgan fingerprint density at radius 2 is 1.69 bits per heavy atom. The molecule has 0 aliphatic carbocycles. The minimum Gasteiger partial charge on any atom is -0.305 e. The zero-order chi connectivity index (χ0) is 12.0. The average molecular weight is 281 g/mol. The van der Waals surface area contributed by atoms with Crippen molar-refractivity contribution in [2.24, 2.45) is 0 Å². The second-order valence-electron chi connectivity index (χ2n) is 3.88. The van der Waals surface area contributed by atoms with E-state index in [0.29, 0.717) is 11.8 Å². The van der Waals surface area contributed by atoms with Crippen LogP contribution in [0.25, 0.3) is 0 Å². The van der Waals surface area contributed by atoms with E-state index < -0.39 is 0 Å². The monoisotopic (exact) mass is 279 g/mol. The van der Waals surface area contributed by atoms with Gasteiger partial charge in [-0.1, -0.05) is 30.7 Å². The van der Waals surface area contributed by atoms with Gasteiger partial charge >= 0.3 is 0 Å². The zero-order valence-electron chi connectivity index (χ0n) is 9.27. The van der Waals surface area contributed by atoms with Crippen LogP contribution in [-0.4, -0.2) is 17.3 Å². The van der Waals surface area contributed by atoms with Crippen molar-refractivity contribution in [3.63, 3.8) is 0 Å². The fraction of sp³-hybridized carbons (Fsp3) is 0.500. The minimum atomic E-state index is -0.178. The van der Waals surface area contributed by atoms with Crippen LogP contribution in [-0.2, 0) is 6.54 Å². The van der Waals surface area contributed by atoms with Gasteiger partial charge in [0.15, 0.2) is 0 Å². The van der Waals surface area contributed by atoms with Crippen molar-refractivity contribution in [3.05, 3.63) is 34.9 Å². The molecule has 1 aromatic carbocycles. The SMILES string of the molecule is CCC(CCl)(CCl)NCc1ccc(Cl)cc1. The number of rotatable bonds is 6. The third-order valence-corrected chi connectivity index (χ3v) is 4.04. The molecule has 0 saturated heterocycles. The Kier molecular flexibility index (Phi) is 5.91. The number of halogens is 3. The fourth-order valence-corrected chi connectivity index (χ4v) is 2.31. The van der Waals surface area contributed by atoms with Gasteiger partial charge in [-0.3, -0.25) is 0 Å². The Hall–Kier alpha value is 0.0500. The quantitative estimate of drug-likeness (QED) is 0.775. The predicted octanol–water partition coefficient (Wildman–Crippen LogP) is 4.06. The fourth-order valence-electron chi connectivity index (χ4n) is 1.34. The molecule has 0 atom stereocenters. The molecule has 0 bridgehead atoms. The normalized spacial score (nSPS) is 11.8. The molecule has 0 aromatic heterocycles. The van der Waals surface area contributed by atoms with Crippen LogP contribution in [0.5, 0.6) is 0 Å². The van der Waals surface area contributed by atoms with E-state index in [0.717, 1.165) is 18.0 Å². The molecule has 0 radical (unpaired) electrons. The summed E-state index contributed by atoms with van der Waals surface area (Å²) in [5.41, 5.74) is 1.00. The highest BCUT2D eigenvalue weighted by Gasteiger charge is 2.25. The van der Waals surface area contributed by atoms with Crippen LogP contribution in [0.2, 0.25) is 5.02 Å². The molecule has 0 fully saturated rings. The Labute approximate surface area is 112 Å².